The number of hydrogen-bond donors (Lipinski definition) is 1. The Bertz CT molecular complexity index is 922. The lowest BCUT2D eigenvalue weighted by Gasteiger charge is -2.32. The molecule has 0 aliphatic carbocycles. The molecule has 8 heteroatoms. The topological polar surface area (TPSA) is 58.6 Å². The highest BCUT2D eigenvalue weighted by molar-refractivity contribution is 6.35. The number of halogens is 3. The van der Waals surface area contributed by atoms with Gasteiger partial charge in [-0.3, -0.25) is 9.59 Å². The Morgan fingerprint density at radius 1 is 1.00 bits per heavy atom. The summed E-state index contributed by atoms with van der Waals surface area (Å²) in [7, 11) is 0. The van der Waals surface area contributed by atoms with Gasteiger partial charge in [-0.1, -0.05) is 54.7 Å². The van der Waals surface area contributed by atoms with Crippen molar-refractivity contribution in [2.45, 2.75) is 65.1 Å². The van der Waals surface area contributed by atoms with E-state index in [9.17, 15) is 9.59 Å². The summed E-state index contributed by atoms with van der Waals surface area (Å²) in [6.07, 6.45) is 2.04. The fraction of sp³-hybridized carbons (Fsp3) is 0.440. The molecule has 2 atom stereocenters. The van der Waals surface area contributed by atoms with Crippen LogP contribution in [-0.4, -0.2) is 35.4 Å². The van der Waals surface area contributed by atoms with Gasteiger partial charge in [0.05, 0.1) is 6.61 Å². The van der Waals surface area contributed by atoms with Gasteiger partial charge in [0.2, 0.25) is 11.8 Å². The van der Waals surface area contributed by atoms with Gasteiger partial charge < -0.3 is 15.0 Å². The average Bonchev–Trinajstić information content (AvgIpc) is 2.78. The zero-order valence-electron chi connectivity index (χ0n) is 19.2. The van der Waals surface area contributed by atoms with Crippen molar-refractivity contribution >= 4 is 46.6 Å². The number of nitrogens with one attached hydrogen (secondary N) is 1. The second kappa shape index (κ2) is 13.7. The minimum absolute atomic E-state index is 0.0235. The minimum atomic E-state index is -0.601. The van der Waals surface area contributed by atoms with Gasteiger partial charge >= 0.3 is 0 Å². The molecular weight excluding hydrogens is 483 g/mol. The SMILES string of the molecule is CC[C@@H](C)NC(=O)[C@@H](CC)N(Cc1ccc(Cl)cc1Cl)C(=O)CCCOc1ccc(Cl)cc1. The highest BCUT2D eigenvalue weighted by atomic mass is 35.5. The van der Waals surface area contributed by atoms with Crippen molar-refractivity contribution in [1.82, 2.24) is 10.2 Å². The lowest BCUT2D eigenvalue weighted by Crippen LogP contribution is -2.50. The molecule has 0 saturated carbocycles. The van der Waals surface area contributed by atoms with Crippen LogP contribution in [0.1, 0.15) is 52.0 Å². The van der Waals surface area contributed by atoms with Gasteiger partial charge in [-0.2, -0.15) is 0 Å². The van der Waals surface area contributed by atoms with Gasteiger partial charge in [-0.25, -0.2) is 0 Å². The Morgan fingerprint density at radius 2 is 1.67 bits per heavy atom. The molecular formula is C25H31Cl3N2O3. The Kier molecular flexibility index (Phi) is 11.3. The van der Waals surface area contributed by atoms with E-state index < -0.39 is 6.04 Å². The molecule has 180 valence electrons. The third-order valence-electron chi connectivity index (χ3n) is 5.36. The fourth-order valence-electron chi connectivity index (χ4n) is 3.28. The molecule has 0 aliphatic rings. The maximum atomic E-state index is 13.2. The highest BCUT2D eigenvalue weighted by Gasteiger charge is 2.29. The van der Waals surface area contributed by atoms with E-state index >= 15 is 0 Å². The summed E-state index contributed by atoms with van der Waals surface area (Å²) in [5.74, 6) is 0.394. The van der Waals surface area contributed by atoms with Crippen LogP contribution in [0, 0.1) is 0 Å². The van der Waals surface area contributed by atoms with Crippen LogP contribution in [-0.2, 0) is 16.1 Å². The van der Waals surface area contributed by atoms with Gasteiger partial charge in [0.25, 0.3) is 0 Å². The number of amides is 2. The van der Waals surface area contributed by atoms with Crippen molar-refractivity contribution in [2.75, 3.05) is 6.61 Å². The summed E-state index contributed by atoms with van der Waals surface area (Å²) in [4.78, 5) is 27.8. The number of hydrogen-bond acceptors (Lipinski definition) is 3. The van der Waals surface area contributed by atoms with E-state index in [2.05, 4.69) is 5.32 Å². The smallest absolute Gasteiger partial charge is 0.243 e. The molecule has 0 unspecified atom stereocenters. The summed E-state index contributed by atoms with van der Waals surface area (Å²) >= 11 is 18.3. The highest BCUT2D eigenvalue weighted by Crippen LogP contribution is 2.24. The normalized spacial score (nSPS) is 12.7. The van der Waals surface area contributed by atoms with Crippen LogP contribution in [0.2, 0.25) is 15.1 Å². The van der Waals surface area contributed by atoms with E-state index in [1.807, 2.05) is 20.8 Å². The summed E-state index contributed by atoms with van der Waals surface area (Å²) < 4.78 is 5.70. The molecule has 0 heterocycles. The first kappa shape index (κ1) is 27.3. The van der Waals surface area contributed by atoms with E-state index in [4.69, 9.17) is 39.5 Å². The molecule has 0 bridgehead atoms. The zero-order valence-corrected chi connectivity index (χ0v) is 21.5. The maximum absolute atomic E-state index is 13.2. The van der Waals surface area contributed by atoms with Crippen LogP contribution in [0.3, 0.4) is 0 Å². The molecule has 0 saturated heterocycles. The van der Waals surface area contributed by atoms with Crippen molar-refractivity contribution in [3.8, 4) is 5.75 Å². The zero-order chi connectivity index (χ0) is 24.4. The number of benzene rings is 2. The minimum Gasteiger partial charge on any atom is -0.494 e. The van der Waals surface area contributed by atoms with Crippen LogP contribution in [0.5, 0.6) is 5.75 Å². The second-order valence-corrected chi connectivity index (χ2v) is 9.19. The fourth-order valence-corrected chi connectivity index (χ4v) is 3.88. The molecule has 1 N–H and O–H groups in total. The molecule has 33 heavy (non-hydrogen) atoms. The van der Waals surface area contributed by atoms with Crippen LogP contribution < -0.4 is 10.1 Å². The average molecular weight is 514 g/mol. The van der Waals surface area contributed by atoms with Crippen LogP contribution in [0.4, 0.5) is 0 Å². The Labute approximate surface area is 211 Å². The van der Waals surface area contributed by atoms with Crippen molar-refractivity contribution in [2.24, 2.45) is 0 Å². The molecule has 0 fully saturated rings. The van der Waals surface area contributed by atoms with E-state index in [1.54, 1.807) is 47.4 Å². The third-order valence-corrected chi connectivity index (χ3v) is 6.20. The van der Waals surface area contributed by atoms with Gasteiger partial charge in [0.15, 0.2) is 0 Å². The summed E-state index contributed by atoms with van der Waals surface area (Å²) in [6.45, 7) is 6.44. The van der Waals surface area contributed by atoms with Crippen LogP contribution in [0.15, 0.2) is 42.5 Å². The van der Waals surface area contributed by atoms with Crippen molar-refractivity contribution in [3.05, 3.63) is 63.1 Å². The Balaban J connectivity index is 2.10. The number of carbonyl (C=O) groups excluding carboxylic acids is 2. The van der Waals surface area contributed by atoms with Gasteiger partial charge in [0, 0.05) is 34.1 Å². The van der Waals surface area contributed by atoms with Crippen molar-refractivity contribution < 1.29 is 14.3 Å². The van der Waals surface area contributed by atoms with E-state index in [-0.39, 0.29) is 30.8 Å². The predicted octanol–water partition coefficient (Wildman–Crippen LogP) is 6.53. The molecule has 5 nitrogen and oxygen atoms in total. The number of nitrogens with zero attached hydrogens (tertiary/aromatic N) is 1. The number of carbonyl (C=O) groups is 2. The first-order valence-corrected chi connectivity index (χ1v) is 12.3. The number of rotatable bonds is 12. The Hall–Kier alpha value is -1.95. The molecule has 2 aromatic carbocycles. The van der Waals surface area contributed by atoms with E-state index in [0.717, 1.165) is 12.0 Å². The van der Waals surface area contributed by atoms with Gasteiger partial charge in [-0.05, 0) is 68.1 Å². The predicted molar refractivity (Wildman–Crippen MR) is 135 cm³/mol. The van der Waals surface area contributed by atoms with Crippen LogP contribution >= 0.6 is 34.8 Å². The standard InChI is InChI=1S/C25H31Cl3N2O3/c1-4-17(3)29-25(32)23(5-2)30(16-18-8-9-20(27)15-22(18)28)24(31)7-6-14-33-21-12-10-19(26)11-13-21/h8-13,15,17,23H,4-7,14,16H2,1-3H3,(H,29,32)/t17-,23-/m1/s1. The van der Waals surface area contributed by atoms with Gasteiger partial charge in [-0.15, -0.1) is 0 Å². The Morgan fingerprint density at radius 3 is 2.27 bits per heavy atom. The number of ether oxygens (including phenoxy) is 1. The lowest BCUT2D eigenvalue weighted by atomic mass is 10.1. The first-order valence-electron chi connectivity index (χ1n) is 11.2. The van der Waals surface area contributed by atoms with E-state index in [1.165, 1.54) is 0 Å². The maximum Gasteiger partial charge on any atom is 0.243 e. The summed E-state index contributed by atoms with van der Waals surface area (Å²) in [6, 6.07) is 11.6. The second-order valence-electron chi connectivity index (χ2n) is 7.91. The van der Waals surface area contributed by atoms with Crippen LogP contribution in [0.25, 0.3) is 0 Å². The quantitative estimate of drug-likeness (QED) is 0.328. The lowest BCUT2D eigenvalue weighted by molar-refractivity contribution is -0.141. The molecule has 0 aliphatic heterocycles. The summed E-state index contributed by atoms with van der Waals surface area (Å²) in [5.41, 5.74) is 0.738. The third kappa shape index (κ3) is 8.73. The molecule has 0 aromatic heterocycles. The molecule has 0 spiro atoms. The van der Waals surface area contributed by atoms with Crippen molar-refractivity contribution in [3.63, 3.8) is 0 Å². The molecule has 2 rings (SSSR count). The molecule has 0 radical (unpaired) electrons. The molecule has 2 amide bonds. The van der Waals surface area contributed by atoms with Gasteiger partial charge in [0.1, 0.15) is 11.8 Å². The monoisotopic (exact) mass is 512 g/mol. The largest absolute Gasteiger partial charge is 0.494 e. The summed E-state index contributed by atoms with van der Waals surface area (Å²) in [5, 5.41) is 4.61. The first-order chi connectivity index (χ1) is 15.7. The van der Waals surface area contributed by atoms with E-state index in [0.29, 0.717) is 40.3 Å². The van der Waals surface area contributed by atoms with Crippen molar-refractivity contribution in [1.29, 1.82) is 0 Å². The molecule has 2 aromatic rings.